The fourth-order valence-corrected chi connectivity index (χ4v) is 1.66. The summed E-state index contributed by atoms with van der Waals surface area (Å²) in [7, 11) is 0. The van der Waals surface area contributed by atoms with E-state index in [4.69, 9.17) is 9.47 Å². The first-order chi connectivity index (χ1) is 7.74. The molecule has 0 spiro atoms. The zero-order valence-electron chi connectivity index (χ0n) is 10.1. The fourth-order valence-electron chi connectivity index (χ4n) is 1.66. The number of rotatable bonds is 3. The van der Waals surface area contributed by atoms with E-state index in [1.807, 2.05) is 0 Å². The van der Waals surface area contributed by atoms with Gasteiger partial charge in [-0.25, -0.2) is 0 Å². The number of esters is 1. The van der Waals surface area contributed by atoms with Gasteiger partial charge in [0.05, 0.1) is 0 Å². The average Bonchev–Trinajstić information content (AvgIpc) is 2.26. The molecule has 0 N–H and O–H groups in total. The van der Waals surface area contributed by atoms with Gasteiger partial charge in [0.25, 0.3) is 0 Å². The van der Waals surface area contributed by atoms with E-state index in [9.17, 15) is 4.79 Å². The van der Waals surface area contributed by atoms with Crippen molar-refractivity contribution in [2.45, 2.75) is 58.2 Å². The Morgan fingerprint density at radius 2 is 2.38 bits per heavy atom. The van der Waals surface area contributed by atoms with E-state index in [1.54, 1.807) is 0 Å². The molecule has 1 aliphatic rings. The van der Waals surface area contributed by atoms with Crippen LogP contribution in [0.2, 0.25) is 0 Å². The molecule has 0 radical (unpaired) electrons. The van der Waals surface area contributed by atoms with Gasteiger partial charge in [-0.05, 0) is 19.3 Å². The summed E-state index contributed by atoms with van der Waals surface area (Å²) in [6, 6.07) is 0. The molecule has 90 valence electrons. The topological polar surface area (TPSA) is 35.5 Å². The van der Waals surface area contributed by atoms with E-state index in [0.717, 1.165) is 32.1 Å². The van der Waals surface area contributed by atoms with Gasteiger partial charge in [-0.1, -0.05) is 19.3 Å². The Bertz CT molecular complexity index is 275. The molecule has 0 aromatic carbocycles. The lowest BCUT2D eigenvalue weighted by atomic mass is 10.1. The van der Waals surface area contributed by atoms with E-state index >= 15 is 0 Å². The van der Waals surface area contributed by atoms with Crippen molar-refractivity contribution in [2.75, 3.05) is 6.61 Å². The quantitative estimate of drug-likeness (QED) is 0.419. The molecule has 0 aromatic rings. The maximum Gasteiger partial charge on any atom is 0.303 e. The molecule has 1 fully saturated rings. The molecule has 16 heavy (non-hydrogen) atoms. The van der Waals surface area contributed by atoms with Gasteiger partial charge in [0.15, 0.2) is 6.10 Å². The predicted octanol–water partition coefficient (Wildman–Crippen LogP) is 2.29. The molecule has 0 amide bonds. The van der Waals surface area contributed by atoms with Crippen molar-refractivity contribution in [2.24, 2.45) is 0 Å². The molecule has 2 atom stereocenters. The van der Waals surface area contributed by atoms with Crippen LogP contribution in [0.15, 0.2) is 0 Å². The molecule has 3 heteroatoms. The van der Waals surface area contributed by atoms with Crippen LogP contribution in [0.1, 0.15) is 46.0 Å². The highest BCUT2D eigenvalue weighted by molar-refractivity contribution is 5.66. The van der Waals surface area contributed by atoms with Crippen molar-refractivity contribution < 1.29 is 14.3 Å². The number of hydrogen-bond donors (Lipinski definition) is 0. The van der Waals surface area contributed by atoms with Crippen LogP contribution in [-0.2, 0) is 14.3 Å². The second kappa shape index (κ2) is 7.29. The third kappa shape index (κ3) is 4.67. The molecule has 0 saturated carbocycles. The molecular weight excluding hydrogens is 204 g/mol. The number of ether oxygens (including phenoxy) is 2. The van der Waals surface area contributed by atoms with Crippen LogP contribution >= 0.6 is 0 Å². The molecule has 0 aromatic heterocycles. The summed E-state index contributed by atoms with van der Waals surface area (Å²) in [6.45, 7) is 4.28. The van der Waals surface area contributed by atoms with Gasteiger partial charge in [0, 0.05) is 20.0 Å². The summed E-state index contributed by atoms with van der Waals surface area (Å²) in [5.41, 5.74) is 0. The molecule has 0 bridgehead atoms. The van der Waals surface area contributed by atoms with Crippen LogP contribution in [0.25, 0.3) is 0 Å². The highest BCUT2D eigenvalue weighted by Gasteiger charge is 2.26. The SMILES string of the molecule is CCCCC#C[C@@H]1OCCC[C@@H]1OC(C)=O. The van der Waals surface area contributed by atoms with Gasteiger partial charge < -0.3 is 9.47 Å². The highest BCUT2D eigenvalue weighted by atomic mass is 16.6. The van der Waals surface area contributed by atoms with E-state index < -0.39 is 0 Å². The van der Waals surface area contributed by atoms with Crippen molar-refractivity contribution in [1.82, 2.24) is 0 Å². The summed E-state index contributed by atoms with van der Waals surface area (Å²) in [6.07, 6.45) is 4.53. The van der Waals surface area contributed by atoms with Crippen LogP contribution in [-0.4, -0.2) is 24.8 Å². The second-order valence-electron chi connectivity index (χ2n) is 4.01. The first-order valence-electron chi connectivity index (χ1n) is 6.01. The van der Waals surface area contributed by atoms with Gasteiger partial charge in [0.1, 0.15) is 6.10 Å². The van der Waals surface area contributed by atoms with E-state index in [0.29, 0.717) is 6.61 Å². The molecule has 1 rings (SSSR count). The summed E-state index contributed by atoms with van der Waals surface area (Å²) < 4.78 is 10.7. The third-order valence-electron chi connectivity index (χ3n) is 2.49. The van der Waals surface area contributed by atoms with Crippen LogP contribution in [0.3, 0.4) is 0 Å². The van der Waals surface area contributed by atoms with Gasteiger partial charge in [0.2, 0.25) is 0 Å². The minimum absolute atomic E-state index is 0.180. The van der Waals surface area contributed by atoms with Crippen LogP contribution in [0.4, 0.5) is 0 Å². The maximum absolute atomic E-state index is 10.9. The molecule has 1 aliphatic heterocycles. The number of carbonyl (C=O) groups excluding carboxylic acids is 1. The van der Waals surface area contributed by atoms with E-state index in [1.165, 1.54) is 6.92 Å². The summed E-state index contributed by atoms with van der Waals surface area (Å²) in [4.78, 5) is 10.9. The standard InChI is InChI=1S/C13H20O3/c1-3-4-5-6-8-12-13(16-11(2)14)9-7-10-15-12/h12-13H,3-5,7,9-10H2,1-2H3/t12-,13-/m0/s1. The summed E-state index contributed by atoms with van der Waals surface area (Å²) in [5, 5.41) is 0. The van der Waals surface area contributed by atoms with Crippen LogP contribution in [0, 0.1) is 11.8 Å². The van der Waals surface area contributed by atoms with Gasteiger partial charge in [-0.2, -0.15) is 0 Å². The van der Waals surface area contributed by atoms with Gasteiger partial charge >= 0.3 is 5.97 Å². The predicted molar refractivity (Wildman–Crippen MR) is 61.8 cm³/mol. The first-order valence-corrected chi connectivity index (χ1v) is 6.01. The number of hydrogen-bond acceptors (Lipinski definition) is 3. The number of unbranched alkanes of at least 4 members (excludes halogenated alkanes) is 2. The van der Waals surface area contributed by atoms with E-state index in [2.05, 4.69) is 18.8 Å². The number of carbonyl (C=O) groups is 1. The molecule has 1 heterocycles. The maximum atomic E-state index is 10.9. The summed E-state index contributed by atoms with van der Waals surface area (Å²) in [5.74, 6) is 5.90. The Morgan fingerprint density at radius 1 is 1.56 bits per heavy atom. The lowest BCUT2D eigenvalue weighted by molar-refractivity contribution is -0.156. The van der Waals surface area contributed by atoms with Crippen molar-refractivity contribution >= 4 is 5.97 Å². The fraction of sp³-hybridized carbons (Fsp3) is 0.769. The average molecular weight is 224 g/mol. The second-order valence-corrected chi connectivity index (χ2v) is 4.01. The first kappa shape index (κ1) is 13.1. The molecule has 0 aliphatic carbocycles. The normalized spacial score (nSPS) is 24.4. The van der Waals surface area contributed by atoms with Crippen LogP contribution < -0.4 is 0 Å². The Kier molecular flexibility index (Phi) is 5.95. The highest BCUT2D eigenvalue weighted by Crippen LogP contribution is 2.17. The lowest BCUT2D eigenvalue weighted by Gasteiger charge is -2.27. The van der Waals surface area contributed by atoms with E-state index in [-0.39, 0.29) is 18.2 Å². The summed E-state index contributed by atoms with van der Waals surface area (Å²) >= 11 is 0. The van der Waals surface area contributed by atoms with Crippen LogP contribution in [0.5, 0.6) is 0 Å². The molecule has 3 nitrogen and oxygen atoms in total. The van der Waals surface area contributed by atoms with Crippen molar-refractivity contribution in [1.29, 1.82) is 0 Å². The monoisotopic (exact) mass is 224 g/mol. The largest absolute Gasteiger partial charge is 0.459 e. The third-order valence-corrected chi connectivity index (χ3v) is 2.49. The minimum Gasteiger partial charge on any atom is -0.459 e. The Balaban J connectivity index is 2.45. The van der Waals surface area contributed by atoms with Crippen molar-refractivity contribution in [3.63, 3.8) is 0 Å². The zero-order valence-corrected chi connectivity index (χ0v) is 10.1. The Morgan fingerprint density at radius 3 is 3.06 bits per heavy atom. The molecular formula is C13H20O3. The molecule has 1 saturated heterocycles. The Hall–Kier alpha value is -1.01. The van der Waals surface area contributed by atoms with Crippen molar-refractivity contribution in [3.05, 3.63) is 0 Å². The van der Waals surface area contributed by atoms with Gasteiger partial charge in [-0.15, -0.1) is 5.92 Å². The Labute approximate surface area is 97.5 Å². The smallest absolute Gasteiger partial charge is 0.303 e. The zero-order chi connectivity index (χ0) is 11.8. The van der Waals surface area contributed by atoms with Crippen molar-refractivity contribution in [3.8, 4) is 11.8 Å². The van der Waals surface area contributed by atoms with Gasteiger partial charge in [-0.3, -0.25) is 4.79 Å². The minimum atomic E-state index is -0.254. The molecule has 0 unspecified atom stereocenters. The lowest BCUT2D eigenvalue weighted by Crippen LogP contribution is -2.36.